The van der Waals surface area contributed by atoms with E-state index in [9.17, 15) is 0 Å². The van der Waals surface area contributed by atoms with Crippen LogP contribution in [0.5, 0.6) is 0 Å². The van der Waals surface area contributed by atoms with Crippen LogP contribution < -0.4 is 5.32 Å². The molecule has 0 saturated carbocycles. The molecule has 1 aromatic heterocycles. The topological polar surface area (TPSA) is 29.9 Å². The first-order chi connectivity index (χ1) is 10.0. The van der Waals surface area contributed by atoms with Crippen molar-refractivity contribution in [3.05, 3.63) is 49.3 Å². The first kappa shape index (κ1) is 17.0. The molecule has 0 amide bonds. The van der Waals surface area contributed by atoms with E-state index in [0.717, 1.165) is 29.6 Å². The summed E-state index contributed by atoms with van der Waals surface area (Å²) in [6.45, 7) is 5.25. The lowest BCUT2D eigenvalue weighted by molar-refractivity contribution is 0.526. The molecule has 1 unspecified atom stereocenters. The van der Waals surface area contributed by atoms with E-state index in [-0.39, 0.29) is 0 Å². The fraction of sp³-hybridized carbons (Fsp3) is 0.438. The van der Waals surface area contributed by atoms with Crippen LogP contribution in [0.1, 0.15) is 36.8 Å². The molecule has 1 aromatic carbocycles. The smallest absolute Gasteiger partial charge is 0.0624 e. The third-order valence-electron chi connectivity index (χ3n) is 3.59. The quantitative estimate of drug-likeness (QED) is 0.652. The Balaban J connectivity index is 2.30. The first-order valence-electron chi connectivity index (χ1n) is 7.25. The van der Waals surface area contributed by atoms with Crippen LogP contribution in [0.25, 0.3) is 0 Å². The maximum Gasteiger partial charge on any atom is 0.0624 e. The summed E-state index contributed by atoms with van der Waals surface area (Å²) in [5.74, 6) is 0. The van der Waals surface area contributed by atoms with Gasteiger partial charge in [-0.3, -0.25) is 4.68 Å². The Bertz CT molecular complexity index is 610. The summed E-state index contributed by atoms with van der Waals surface area (Å²) in [5.41, 5.74) is 3.77. The summed E-state index contributed by atoms with van der Waals surface area (Å²) < 4.78 is 4.42. The molecule has 0 spiro atoms. The molecular formula is C16H21BrIN3. The van der Waals surface area contributed by atoms with Crippen molar-refractivity contribution in [1.82, 2.24) is 15.1 Å². The number of likely N-dealkylation sites (N-methyl/N-ethyl adjacent to an activating group) is 1. The number of benzene rings is 1. The summed E-state index contributed by atoms with van der Waals surface area (Å²) in [7, 11) is 2.03. The Kier molecular flexibility index (Phi) is 6.25. The van der Waals surface area contributed by atoms with Crippen LogP contribution in [0.4, 0.5) is 0 Å². The Hall–Kier alpha value is -0.400. The molecule has 3 nitrogen and oxygen atoms in total. The average molecular weight is 462 g/mol. The summed E-state index contributed by atoms with van der Waals surface area (Å²) in [5, 5.41) is 8.16. The summed E-state index contributed by atoms with van der Waals surface area (Å²) in [6.07, 6.45) is 1.93. The van der Waals surface area contributed by atoms with Crippen LogP contribution in [0.15, 0.2) is 28.7 Å². The molecule has 0 aliphatic rings. The molecule has 0 radical (unpaired) electrons. The molecule has 1 N–H and O–H groups in total. The predicted octanol–water partition coefficient (Wildman–Crippen LogP) is 4.24. The highest BCUT2D eigenvalue weighted by Gasteiger charge is 2.17. The van der Waals surface area contributed by atoms with Gasteiger partial charge in [-0.25, -0.2) is 0 Å². The van der Waals surface area contributed by atoms with Gasteiger partial charge in [0.05, 0.1) is 5.69 Å². The van der Waals surface area contributed by atoms with Crippen LogP contribution in [0.2, 0.25) is 0 Å². The fourth-order valence-corrected chi connectivity index (χ4v) is 3.55. The van der Waals surface area contributed by atoms with E-state index >= 15 is 0 Å². The van der Waals surface area contributed by atoms with Crippen LogP contribution >= 0.6 is 38.5 Å². The van der Waals surface area contributed by atoms with E-state index in [0.29, 0.717) is 6.04 Å². The van der Waals surface area contributed by atoms with E-state index in [1.165, 1.54) is 14.8 Å². The zero-order valence-electron chi connectivity index (χ0n) is 12.7. The van der Waals surface area contributed by atoms with Crippen LogP contribution in [-0.2, 0) is 19.9 Å². The van der Waals surface area contributed by atoms with E-state index < -0.39 is 0 Å². The van der Waals surface area contributed by atoms with Crippen molar-refractivity contribution in [2.75, 3.05) is 6.54 Å². The SMILES string of the molecule is CCNC(Cc1cc(CC)nn1C)c1cc(Br)ccc1I. The monoisotopic (exact) mass is 461 g/mol. The van der Waals surface area contributed by atoms with Crippen LogP contribution in [0.3, 0.4) is 0 Å². The van der Waals surface area contributed by atoms with Crippen molar-refractivity contribution >= 4 is 38.5 Å². The molecule has 5 heteroatoms. The molecule has 0 fully saturated rings. The molecular weight excluding hydrogens is 441 g/mol. The molecule has 0 aliphatic carbocycles. The van der Waals surface area contributed by atoms with E-state index in [1.54, 1.807) is 0 Å². The predicted molar refractivity (Wildman–Crippen MR) is 99.6 cm³/mol. The van der Waals surface area contributed by atoms with E-state index in [4.69, 9.17) is 0 Å². The van der Waals surface area contributed by atoms with Crippen molar-refractivity contribution < 1.29 is 0 Å². The van der Waals surface area contributed by atoms with Crippen molar-refractivity contribution in [1.29, 1.82) is 0 Å². The number of rotatable bonds is 6. The van der Waals surface area contributed by atoms with Gasteiger partial charge in [0.1, 0.15) is 0 Å². The number of halogens is 2. The summed E-state index contributed by atoms with van der Waals surface area (Å²) in [4.78, 5) is 0. The minimum absolute atomic E-state index is 0.305. The number of aryl methyl sites for hydroxylation is 2. The second-order valence-electron chi connectivity index (χ2n) is 5.08. The number of aromatic nitrogens is 2. The molecule has 1 heterocycles. The minimum Gasteiger partial charge on any atom is -0.310 e. The van der Waals surface area contributed by atoms with Gasteiger partial charge in [-0.1, -0.05) is 29.8 Å². The molecule has 0 saturated heterocycles. The maximum atomic E-state index is 4.55. The van der Waals surface area contributed by atoms with Crippen LogP contribution in [0, 0.1) is 3.57 Å². The van der Waals surface area contributed by atoms with Crippen molar-refractivity contribution in [3.8, 4) is 0 Å². The van der Waals surface area contributed by atoms with Gasteiger partial charge in [0.2, 0.25) is 0 Å². The van der Waals surface area contributed by atoms with Crippen LogP contribution in [-0.4, -0.2) is 16.3 Å². The van der Waals surface area contributed by atoms with Crippen molar-refractivity contribution in [3.63, 3.8) is 0 Å². The largest absolute Gasteiger partial charge is 0.310 e. The second-order valence-corrected chi connectivity index (χ2v) is 7.16. The molecule has 2 aromatic rings. The summed E-state index contributed by atoms with van der Waals surface area (Å²) >= 11 is 5.99. The first-order valence-corrected chi connectivity index (χ1v) is 9.12. The van der Waals surface area contributed by atoms with Gasteiger partial charge < -0.3 is 5.32 Å². The number of nitrogens with one attached hydrogen (secondary N) is 1. The molecule has 0 bridgehead atoms. The van der Waals surface area contributed by atoms with Crippen molar-refractivity contribution in [2.45, 2.75) is 32.7 Å². The zero-order chi connectivity index (χ0) is 15.4. The Labute approximate surface area is 148 Å². The Morgan fingerprint density at radius 3 is 2.71 bits per heavy atom. The van der Waals surface area contributed by atoms with Gasteiger partial charge in [-0.05, 0) is 65.4 Å². The average Bonchev–Trinajstić information content (AvgIpc) is 2.82. The van der Waals surface area contributed by atoms with Gasteiger partial charge in [0.15, 0.2) is 0 Å². The Morgan fingerprint density at radius 2 is 2.10 bits per heavy atom. The zero-order valence-corrected chi connectivity index (χ0v) is 16.4. The highest BCUT2D eigenvalue weighted by atomic mass is 127. The lowest BCUT2D eigenvalue weighted by Crippen LogP contribution is -2.24. The van der Waals surface area contributed by atoms with Gasteiger partial charge in [-0.2, -0.15) is 5.10 Å². The van der Waals surface area contributed by atoms with E-state index in [1.807, 2.05) is 11.7 Å². The highest BCUT2D eigenvalue weighted by molar-refractivity contribution is 14.1. The van der Waals surface area contributed by atoms with Gasteiger partial charge in [0, 0.05) is 33.2 Å². The highest BCUT2D eigenvalue weighted by Crippen LogP contribution is 2.27. The standard InChI is InChI=1S/C16H21BrIN3/c1-4-12-9-13(21(3)20-12)10-16(19-5-2)14-8-11(17)6-7-15(14)18/h6-9,16,19H,4-5,10H2,1-3H3. The third kappa shape index (κ3) is 4.29. The molecule has 1 atom stereocenters. The minimum atomic E-state index is 0.305. The normalized spacial score (nSPS) is 12.6. The fourth-order valence-electron chi connectivity index (χ4n) is 2.46. The number of hydrogen-bond acceptors (Lipinski definition) is 2. The second kappa shape index (κ2) is 7.74. The van der Waals surface area contributed by atoms with Gasteiger partial charge in [-0.15, -0.1) is 0 Å². The van der Waals surface area contributed by atoms with Gasteiger partial charge >= 0.3 is 0 Å². The molecule has 0 aliphatic heterocycles. The number of hydrogen-bond donors (Lipinski definition) is 1. The molecule has 21 heavy (non-hydrogen) atoms. The summed E-state index contributed by atoms with van der Waals surface area (Å²) in [6, 6.07) is 8.99. The molecule has 114 valence electrons. The maximum absolute atomic E-state index is 4.55. The lowest BCUT2D eigenvalue weighted by Gasteiger charge is -2.20. The Morgan fingerprint density at radius 1 is 1.33 bits per heavy atom. The third-order valence-corrected chi connectivity index (χ3v) is 5.06. The molecule has 2 rings (SSSR count). The van der Waals surface area contributed by atoms with E-state index in [2.05, 4.69) is 87.0 Å². The lowest BCUT2D eigenvalue weighted by atomic mass is 10.0. The van der Waals surface area contributed by atoms with Gasteiger partial charge in [0.25, 0.3) is 0 Å². The van der Waals surface area contributed by atoms with Crippen molar-refractivity contribution in [2.24, 2.45) is 7.05 Å². The number of nitrogens with zero attached hydrogens (tertiary/aromatic N) is 2.